The first-order valence-corrected chi connectivity index (χ1v) is 9.48. The van der Waals surface area contributed by atoms with Crippen LogP contribution in [0.15, 0.2) is 0 Å². The van der Waals surface area contributed by atoms with Crippen LogP contribution in [-0.2, 0) is 4.79 Å². The first-order chi connectivity index (χ1) is 10.3. The Balaban J connectivity index is 1.89. The number of carbonyl (C=O) groups is 1. The smallest absolute Gasteiger partial charge is 0.309 e. The van der Waals surface area contributed by atoms with Crippen LogP contribution in [0.2, 0.25) is 0 Å². The van der Waals surface area contributed by atoms with Gasteiger partial charge in [0.1, 0.15) is 0 Å². The van der Waals surface area contributed by atoms with Crippen LogP contribution in [0.3, 0.4) is 0 Å². The van der Waals surface area contributed by atoms with Gasteiger partial charge in [0, 0.05) is 0 Å². The molecule has 0 aliphatic heterocycles. The molecule has 3 aliphatic rings. The second kappa shape index (κ2) is 5.24. The highest BCUT2D eigenvalue weighted by Gasteiger charge is 2.59. The van der Waals surface area contributed by atoms with Crippen molar-refractivity contribution in [2.45, 2.75) is 85.5 Å². The van der Waals surface area contributed by atoms with Gasteiger partial charge in [-0.2, -0.15) is 0 Å². The van der Waals surface area contributed by atoms with Crippen LogP contribution in [-0.4, -0.2) is 11.1 Å². The van der Waals surface area contributed by atoms with Gasteiger partial charge in [0.05, 0.1) is 5.41 Å². The molecular weight excluding hydrogens is 272 g/mol. The fourth-order valence-electron chi connectivity index (χ4n) is 6.75. The first kappa shape index (κ1) is 16.3. The Morgan fingerprint density at radius 1 is 1.09 bits per heavy atom. The molecule has 0 spiro atoms. The molecule has 3 aliphatic carbocycles. The Bertz CT molecular complexity index is 459. The van der Waals surface area contributed by atoms with E-state index < -0.39 is 11.4 Å². The van der Waals surface area contributed by atoms with Gasteiger partial charge in [-0.1, -0.05) is 33.6 Å². The zero-order valence-electron chi connectivity index (χ0n) is 15.0. The van der Waals surface area contributed by atoms with E-state index in [9.17, 15) is 9.90 Å². The Kier molecular flexibility index (Phi) is 3.89. The zero-order valence-corrected chi connectivity index (χ0v) is 15.0. The number of hydrogen-bond donors (Lipinski definition) is 1. The van der Waals surface area contributed by atoms with E-state index in [0.717, 1.165) is 31.1 Å². The molecule has 3 fully saturated rings. The normalized spacial score (nSPS) is 51.7. The largest absolute Gasteiger partial charge is 0.481 e. The fourth-order valence-corrected chi connectivity index (χ4v) is 6.75. The minimum absolute atomic E-state index is 0.267. The van der Waals surface area contributed by atoms with Gasteiger partial charge in [-0.3, -0.25) is 4.79 Å². The summed E-state index contributed by atoms with van der Waals surface area (Å²) in [4.78, 5) is 12.0. The maximum atomic E-state index is 12.0. The summed E-state index contributed by atoms with van der Waals surface area (Å²) in [5, 5.41) is 9.87. The van der Waals surface area contributed by atoms with Gasteiger partial charge in [0.25, 0.3) is 0 Å². The van der Waals surface area contributed by atoms with E-state index in [4.69, 9.17) is 0 Å². The topological polar surface area (TPSA) is 37.3 Å². The van der Waals surface area contributed by atoms with Crippen LogP contribution >= 0.6 is 0 Å². The number of aliphatic carboxylic acids is 1. The van der Waals surface area contributed by atoms with E-state index in [1.54, 1.807) is 0 Å². The lowest BCUT2D eigenvalue weighted by Gasteiger charge is -2.61. The van der Waals surface area contributed by atoms with E-state index in [0.29, 0.717) is 11.3 Å². The van der Waals surface area contributed by atoms with E-state index >= 15 is 0 Å². The Labute approximate surface area is 136 Å². The predicted octanol–water partition coefficient (Wildman–Crippen LogP) is 5.51. The molecule has 3 rings (SSSR count). The minimum Gasteiger partial charge on any atom is -0.481 e. The lowest BCUT2D eigenvalue weighted by atomic mass is 9.43. The van der Waals surface area contributed by atoms with Crippen molar-refractivity contribution in [2.75, 3.05) is 0 Å². The third kappa shape index (κ3) is 2.24. The van der Waals surface area contributed by atoms with Crippen LogP contribution in [0.1, 0.15) is 85.5 Å². The maximum Gasteiger partial charge on any atom is 0.309 e. The second-order valence-electron chi connectivity index (χ2n) is 9.49. The third-order valence-corrected chi connectivity index (χ3v) is 8.37. The standard InChI is InChI=1S/C20H34O2/c1-5-18(2)12-9-15-14(13-18)7-8-16-19(15,3)10-6-11-20(16,4)17(21)22/h14-16H,5-13H2,1-4H3,(H,21,22)/t14?,15?,16?,18?,19?,20-/m0/s1. The lowest BCUT2D eigenvalue weighted by molar-refractivity contribution is -0.174. The van der Waals surface area contributed by atoms with Crippen LogP contribution in [0.5, 0.6) is 0 Å². The number of carboxylic acids is 1. The average Bonchev–Trinajstić information content (AvgIpc) is 2.46. The average molecular weight is 306 g/mol. The molecule has 1 N–H and O–H groups in total. The Morgan fingerprint density at radius 3 is 2.45 bits per heavy atom. The molecule has 2 nitrogen and oxygen atoms in total. The molecule has 0 saturated heterocycles. The Hall–Kier alpha value is -0.530. The van der Waals surface area contributed by atoms with Gasteiger partial charge in [0.2, 0.25) is 0 Å². The van der Waals surface area contributed by atoms with Gasteiger partial charge < -0.3 is 5.11 Å². The summed E-state index contributed by atoms with van der Waals surface area (Å²) >= 11 is 0. The summed E-state index contributed by atoms with van der Waals surface area (Å²) < 4.78 is 0. The molecule has 0 heterocycles. The molecule has 0 bridgehead atoms. The summed E-state index contributed by atoms with van der Waals surface area (Å²) in [5.41, 5.74) is 0.321. The van der Waals surface area contributed by atoms with E-state index in [1.807, 2.05) is 6.92 Å². The molecule has 5 unspecified atom stereocenters. The molecule has 0 aromatic heterocycles. The molecule has 0 amide bonds. The quantitative estimate of drug-likeness (QED) is 0.730. The van der Waals surface area contributed by atoms with Crippen LogP contribution in [0.4, 0.5) is 0 Å². The van der Waals surface area contributed by atoms with Crippen molar-refractivity contribution in [1.29, 1.82) is 0 Å². The SMILES string of the molecule is CCC1(C)CCC2C(CCC3C2(C)CCC[C@]3(C)C(=O)O)C1. The second-order valence-corrected chi connectivity index (χ2v) is 9.49. The fraction of sp³-hybridized carbons (Fsp3) is 0.950. The van der Waals surface area contributed by atoms with E-state index in [2.05, 4.69) is 20.8 Å². The highest BCUT2D eigenvalue weighted by atomic mass is 16.4. The van der Waals surface area contributed by atoms with Crippen LogP contribution in [0, 0.1) is 34.0 Å². The molecule has 3 saturated carbocycles. The van der Waals surface area contributed by atoms with Crippen molar-refractivity contribution in [1.82, 2.24) is 0 Å². The van der Waals surface area contributed by atoms with E-state index in [-0.39, 0.29) is 5.41 Å². The zero-order chi connectivity index (χ0) is 16.2. The summed E-state index contributed by atoms with van der Waals surface area (Å²) in [6.45, 7) is 9.30. The monoisotopic (exact) mass is 306 g/mol. The highest BCUT2D eigenvalue weighted by molar-refractivity contribution is 5.75. The number of rotatable bonds is 2. The summed E-state index contributed by atoms with van der Waals surface area (Å²) in [6.07, 6.45) is 11.0. The van der Waals surface area contributed by atoms with E-state index in [1.165, 1.54) is 38.5 Å². The van der Waals surface area contributed by atoms with Gasteiger partial charge in [0.15, 0.2) is 0 Å². The van der Waals surface area contributed by atoms with Gasteiger partial charge in [-0.05, 0) is 80.5 Å². The van der Waals surface area contributed by atoms with Crippen molar-refractivity contribution in [3.63, 3.8) is 0 Å². The third-order valence-electron chi connectivity index (χ3n) is 8.37. The molecule has 0 aromatic carbocycles. The summed E-state index contributed by atoms with van der Waals surface area (Å²) in [7, 11) is 0. The van der Waals surface area contributed by atoms with Crippen molar-refractivity contribution >= 4 is 5.97 Å². The first-order valence-electron chi connectivity index (χ1n) is 9.48. The van der Waals surface area contributed by atoms with Crippen molar-refractivity contribution < 1.29 is 9.90 Å². The van der Waals surface area contributed by atoms with Gasteiger partial charge in [-0.15, -0.1) is 0 Å². The van der Waals surface area contributed by atoms with Gasteiger partial charge in [-0.25, -0.2) is 0 Å². The molecule has 22 heavy (non-hydrogen) atoms. The number of hydrogen-bond acceptors (Lipinski definition) is 1. The minimum atomic E-state index is -0.545. The molecule has 6 atom stereocenters. The Morgan fingerprint density at radius 2 is 1.82 bits per heavy atom. The molecule has 2 heteroatoms. The molecule has 0 radical (unpaired) electrons. The molecule has 0 aromatic rings. The summed E-state index contributed by atoms with van der Waals surface area (Å²) in [6, 6.07) is 0. The van der Waals surface area contributed by atoms with Gasteiger partial charge >= 0.3 is 5.97 Å². The molecule has 126 valence electrons. The predicted molar refractivity (Wildman–Crippen MR) is 89.7 cm³/mol. The summed E-state index contributed by atoms with van der Waals surface area (Å²) in [5.74, 6) is 1.45. The maximum absolute atomic E-state index is 12.0. The highest BCUT2D eigenvalue weighted by Crippen LogP contribution is 2.65. The number of fused-ring (bicyclic) bond motifs is 3. The van der Waals surface area contributed by atoms with Crippen LogP contribution < -0.4 is 0 Å². The van der Waals surface area contributed by atoms with Crippen molar-refractivity contribution in [3.8, 4) is 0 Å². The lowest BCUT2D eigenvalue weighted by Crippen LogP contribution is -2.56. The van der Waals surface area contributed by atoms with Crippen LogP contribution in [0.25, 0.3) is 0 Å². The van der Waals surface area contributed by atoms with Crippen molar-refractivity contribution in [2.24, 2.45) is 34.0 Å². The molecular formula is C20H34O2. The number of carboxylic acid groups (broad SMARTS) is 1. The van der Waals surface area contributed by atoms with Crippen molar-refractivity contribution in [3.05, 3.63) is 0 Å².